The summed E-state index contributed by atoms with van der Waals surface area (Å²) in [5, 5.41) is 25.5. The largest absolute Gasteiger partial charge is 0.389 e. The summed E-state index contributed by atoms with van der Waals surface area (Å²) in [5.41, 5.74) is 2.95. The van der Waals surface area contributed by atoms with Crippen molar-refractivity contribution in [3.8, 4) is 0 Å². The molecule has 3 aromatic carbocycles. The molecule has 0 saturated heterocycles. The van der Waals surface area contributed by atoms with Gasteiger partial charge in [0.1, 0.15) is 0 Å². The molecule has 1 aromatic heterocycles. The highest BCUT2D eigenvalue weighted by molar-refractivity contribution is 7.92. The number of amides is 2. The minimum Gasteiger partial charge on any atom is -0.389 e. The lowest BCUT2D eigenvalue weighted by molar-refractivity contribution is 0.0779. The lowest BCUT2D eigenvalue weighted by Gasteiger charge is -2.25. The summed E-state index contributed by atoms with van der Waals surface area (Å²) in [4.78, 5) is 27.2. The third-order valence-electron chi connectivity index (χ3n) is 7.78. The highest BCUT2D eigenvalue weighted by atomic mass is 32.2. The van der Waals surface area contributed by atoms with E-state index in [1.165, 1.54) is 25.2 Å². The minimum absolute atomic E-state index is 0.0679. The molecule has 2 amide bonds. The van der Waals surface area contributed by atoms with E-state index in [2.05, 4.69) is 27.9 Å². The van der Waals surface area contributed by atoms with Crippen molar-refractivity contribution in [2.75, 3.05) is 17.6 Å². The summed E-state index contributed by atoms with van der Waals surface area (Å²) in [7, 11) is -2.35. The molecule has 0 aliphatic heterocycles. The van der Waals surface area contributed by atoms with Crippen LogP contribution in [-0.4, -0.2) is 65.8 Å². The Kier molecular flexibility index (Phi) is 11.7. The van der Waals surface area contributed by atoms with Crippen molar-refractivity contribution in [2.24, 2.45) is 0 Å². The van der Waals surface area contributed by atoms with Gasteiger partial charge in [-0.15, -0.1) is 5.10 Å². The number of hydrogen-bond acceptors (Lipinski definition) is 7. The predicted molar refractivity (Wildman–Crippen MR) is 178 cm³/mol. The Morgan fingerprint density at radius 1 is 0.957 bits per heavy atom. The molecular weight excluding hydrogens is 604 g/mol. The zero-order valence-corrected chi connectivity index (χ0v) is 27.4. The molecule has 3 N–H and O–H groups in total. The van der Waals surface area contributed by atoms with Crippen molar-refractivity contribution in [1.29, 1.82) is 0 Å². The second-order valence-electron chi connectivity index (χ2n) is 11.5. The van der Waals surface area contributed by atoms with Crippen LogP contribution >= 0.6 is 0 Å². The summed E-state index contributed by atoms with van der Waals surface area (Å²) in [6, 6.07) is 22.0. The van der Waals surface area contributed by atoms with Crippen molar-refractivity contribution in [2.45, 2.75) is 64.3 Å². The summed E-state index contributed by atoms with van der Waals surface area (Å²) in [6.45, 7) is 4.03. The molecule has 1 heterocycles. The summed E-state index contributed by atoms with van der Waals surface area (Å²) in [5.74, 6) is -1.05. The van der Waals surface area contributed by atoms with E-state index in [-0.39, 0.29) is 29.4 Å². The minimum atomic E-state index is -3.71. The van der Waals surface area contributed by atoms with Crippen LogP contribution in [-0.2, 0) is 29.4 Å². The first-order chi connectivity index (χ1) is 21.9. The van der Waals surface area contributed by atoms with Crippen molar-refractivity contribution in [3.05, 3.63) is 113 Å². The zero-order chi connectivity index (χ0) is 33.3. The molecular formula is C34H42N6O5S. The number of carbonyl (C=O) groups is 2. The van der Waals surface area contributed by atoms with Gasteiger partial charge in [0.15, 0.2) is 0 Å². The maximum absolute atomic E-state index is 13.8. The molecule has 0 bridgehead atoms. The first kappa shape index (κ1) is 34.3. The van der Waals surface area contributed by atoms with Gasteiger partial charge in [0, 0.05) is 24.4 Å². The van der Waals surface area contributed by atoms with Crippen molar-refractivity contribution in [3.63, 3.8) is 0 Å². The van der Waals surface area contributed by atoms with Gasteiger partial charge in [-0.25, -0.2) is 13.1 Å². The monoisotopic (exact) mass is 646 g/mol. The summed E-state index contributed by atoms with van der Waals surface area (Å²) in [6.07, 6.45) is 4.91. The Labute approximate surface area is 270 Å². The number of aliphatic hydroxyl groups excluding tert-OH is 1. The SMILES string of the molecule is CCCCc1cn(C[C@H](O)[C@H](Cc2ccccc2)NC(=O)c2cc(C(=O)N[C@H](C)c3ccccc3)cc(N(C)S(C)(=O)=O)c2)nn1. The van der Waals surface area contributed by atoms with Gasteiger partial charge < -0.3 is 15.7 Å². The van der Waals surface area contributed by atoms with E-state index in [0.717, 1.165) is 46.6 Å². The molecule has 0 aliphatic rings. The Bertz CT molecular complexity index is 1710. The molecule has 0 saturated carbocycles. The molecule has 0 aliphatic carbocycles. The summed E-state index contributed by atoms with van der Waals surface area (Å²) < 4.78 is 27.5. The van der Waals surface area contributed by atoms with Crippen molar-refractivity contribution in [1.82, 2.24) is 25.6 Å². The Balaban J connectivity index is 1.62. The number of carbonyl (C=O) groups excluding carboxylic acids is 2. The first-order valence-electron chi connectivity index (χ1n) is 15.3. The van der Waals surface area contributed by atoms with Gasteiger partial charge in [0.05, 0.1) is 42.4 Å². The van der Waals surface area contributed by atoms with Crippen LogP contribution in [0.2, 0.25) is 0 Å². The van der Waals surface area contributed by atoms with Gasteiger partial charge in [0.25, 0.3) is 11.8 Å². The molecule has 0 spiro atoms. The lowest BCUT2D eigenvalue weighted by atomic mass is 10.00. The molecule has 0 radical (unpaired) electrons. The highest BCUT2D eigenvalue weighted by Crippen LogP contribution is 2.22. The Morgan fingerprint density at radius 3 is 2.17 bits per heavy atom. The van der Waals surface area contributed by atoms with Crippen molar-refractivity contribution < 1.29 is 23.1 Å². The molecule has 46 heavy (non-hydrogen) atoms. The standard InChI is InChI=1S/C34H42N6O5S/c1-5-6-17-29-22-40(38-37-29)23-32(41)31(18-25-13-9-7-10-14-25)36-34(43)28-19-27(20-30(21-28)39(3)46(4,44)45)33(42)35-24(2)26-15-11-8-12-16-26/h7-16,19-22,24,31-32,41H,5-6,17-18,23H2,1-4H3,(H,35,42)(H,36,43)/t24-,31+,32+/m1/s1. The van der Waals surface area contributed by atoms with Crippen LogP contribution in [0.4, 0.5) is 5.69 Å². The highest BCUT2D eigenvalue weighted by Gasteiger charge is 2.26. The van der Waals surface area contributed by atoms with Crippen LogP contribution in [0.1, 0.15) is 70.3 Å². The number of aryl methyl sites for hydroxylation is 1. The number of sulfonamides is 1. The number of rotatable bonds is 15. The van der Waals surface area contributed by atoms with Gasteiger partial charge in [-0.05, 0) is 55.5 Å². The van der Waals surface area contributed by atoms with Crippen LogP contribution in [0.5, 0.6) is 0 Å². The van der Waals surface area contributed by atoms with E-state index in [1.807, 2.05) is 67.6 Å². The van der Waals surface area contributed by atoms with E-state index < -0.39 is 34.0 Å². The van der Waals surface area contributed by atoms with Gasteiger partial charge >= 0.3 is 0 Å². The lowest BCUT2D eigenvalue weighted by Crippen LogP contribution is -2.46. The van der Waals surface area contributed by atoms with Crippen LogP contribution in [0.3, 0.4) is 0 Å². The average Bonchev–Trinajstić information content (AvgIpc) is 3.50. The van der Waals surface area contributed by atoms with Crippen LogP contribution in [0, 0.1) is 0 Å². The number of aliphatic hydroxyl groups is 1. The zero-order valence-electron chi connectivity index (χ0n) is 26.6. The fraction of sp³-hybridized carbons (Fsp3) is 0.353. The topological polar surface area (TPSA) is 147 Å². The van der Waals surface area contributed by atoms with E-state index in [9.17, 15) is 23.1 Å². The second kappa shape index (κ2) is 15.6. The van der Waals surface area contributed by atoms with E-state index in [4.69, 9.17) is 0 Å². The number of benzene rings is 3. The number of aromatic nitrogens is 3. The van der Waals surface area contributed by atoms with Gasteiger partial charge in [-0.3, -0.25) is 13.9 Å². The van der Waals surface area contributed by atoms with Crippen LogP contribution in [0.15, 0.2) is 85.1 Å². The third kappa shape index (κ3) is 9.48. The van der Waals surface area contributed by atoms with Gasteiger partial charge in [0.2, 0.25) is 10.0 Å². The number of unbranched alkanes of at least 4 members (excludes halogenated alkanes) is 1. The number of anilines is 1. The fourth-order valence-corrected chi connectivity index (χ4v) is 5.46. The normalized spacial score (nSPS) is 13.4. The molecule has 11 nitrogen and oxygen atoms in total. The van der Waals surface area contributed by atoms with E-state index >= 15 is 0 Å². The second-order valence-corrected chi connectivity index (χ2v) is 13.5. The first-order valence-corrected chi connectivity index (χ1v) is 17.2. The fourth-order valence-electron chi connectivity index (χ4n) is 4.97. The summed E-state index contributed by atoms with van der Waals surface area (Å²) >= 11 is 0. The molecule has 4 rings (SSSR count). The quantitative estimate of drug-likeness (QED) is 0.178. The average molecular weight is 647 g/mol. The third-order valence-corrected chi connectivity index (χ3v) is 8.98. The smallest absolute Gasteiger partial charge is 0.251 e. The van der Waals surface area contributed by atoms with Gasteiger partial charge in [-0.1, -0.05) is 79.2 Å². The van der Waals surface area contributed by atoms with E-state index in [1.54, 1.807) is 10.9 Å². The molecule has 244 valence electrons. The predicted octanol–water partition coefficient (Wildman–Crippen LogP) is 3.91. The Hall–Kier alpha value is -4.55. The Morgan fingerprint density at radius 2 is 1.57 bits per heavy atom. The van der Waals surface area contributed by atoms with Crippen LogP contribution < -0.4 is 14.9 Å². The van der Waals surface area contributed by atoms with Crippen LogP contribution in [0.25, 0.3) is 0 Å². The number of nitrogens with one attached hydrogen (secondary N) is 2. The van der Waals surface area contributed by atoms with E-state index in [0.29, 0.717) is 6.42 Å². The molecule has 0 unspecified atom stereocenters. The number of hydrogen-bond donors (Lipinski definition) is 3. The maximum atomic E-state index is 13.8. The van der Waals surface area contributed by atoms with Crippen molar-refractivity contribution >= 4 is 27.5 Å². The maximum Gasteiger partial charge on any atom is 0.251 e. The molecule has 0 fully saturated rings. The number of nitrogens with zero attached hydrogens (tertiary/aromatic N) is 4. The van der Waals surface area contributed by atoms with Gasteiger partial charge in [-0.2, -0.15) is 0 Å². The molecule has 3 atom stereocenters. The molecule has 4 aromatic rings. The molecule has 12 heteroatoms.